The van der Waals surface area contributed by atoms with Crippen molar-refractivity contribution in [3.05, 3.63) is 118 Å². The van der Waals surface area contributed by atoms with Crippen molar-refractivity contribution in [2.45, 2.75) is 19.4 Å². The van der Waals surface area contributed by atoms with E-state index in [1.165, 1.54) is 24.5 Å². The minimum Gasteiger partial charge on any atom is -0.358 e. The number of carbonyl (C=O) groups is 1. The molecule has 6 rings (SSSR count). The Morgan fingerprint density at radius 2 is 2.00 bits per heavy atom. The van der Waals surface area contributed by atoms with Crippen molar-refractivity contribution in [3.8, 4) is 0 Å². The average Bonchev–Trinajstić information content (AvgIpc) is 3.64. The van der Waals surface area contributed by atoms with E-state index < -0.39 is 4.92 Å². The number of pyridine rings is 1. The Labute approximate surface area is 263 Å². The number of fused-ring (bicyclic) bond motifs is 2. The maximum atomic E-state index is 13.6. The predicted molar refractivity (Wildman–Crippen MR) is 173 cm³/mol. The zero-order chi connectivity index (χ0) is 32.3. The van der Waals surface area contributed by atoms with Gasteiger partial charge in [0.25, 0.3) is 0 Å². The number of carbonyl (C=O) groups excluding carboxylic acids is 1. The standard InChI is InChI=1S/C33H31FN9O3/c1-43(2,20-23-10-11-35-33(23)42(45)46)12-4-7-28(44)15-27-16-29-30(18-36-27)37-21-38-32(29)40-26-8-9-31-24(14-26)17-39-41(31)19-22-5-3-6-25(34)13-22/h3-9,11,13-14,16-18,21H,10,12,15,19-20H2,1-2H3,(H,37,38,40)/q+1/b7-4+. The van der Waals surface area contributed by atoms with Gasteiger partial charge in [0.15, 0.2) is 5.78 Å². The molecule has 0 saturated heterocycles. The number of benzene rings is 2. The topological polar surface area (TPSA) is 141 Å². The van der Waals surface area contributed by atoms with Crippen LogP contribution in [0.3, 0.4) is 0 Å². The number of nitrogens with one attached hydrogen (secondary N) is 1. The molecule has 5 aromatic rings. The molecule has 232 valence electrons. The Hall–Kier alpha value is -5.69. The van der Waals surface area contributed by atoms with Gasteiger partial charge in [-0.3, -0.25) is 14.5 Å². The molecule has 12 nitrogen and oxygen atoms in total. The third kappa shape index (κ3) is 7.00. The number of halogens is 1. The first-order valence-corrected chi connectivity index (χ1v) is 14.6. The molecule has 13 heteroatoms. The van der Waals surface area contributed by atoms with Crippen molar-refractivity contribution in [1.82, 2.24) is 24.7 Å². The van der Waals surface area contributed by atoms with Crippen LogP contribution in [0.4, 0.5) is 15.9 Å². The van der Waals surface area contributed by atoms with Crippen LogP contribution in [0.15, 0.2) is 95.8 Å². The van der Waals surface area contributed by atoms with Gasteiger partial charge in [0.05, 0.1) is 62.6 Å². The zero-order valence-electron chi connectivity index (χ0n) is 25.3. The minimum atomic E-state index is -0.452. The Bertz CT molecular complexity index is 2070. The molecule has 0 bridgehead atoms. The molecule has 0 spiro atoms. The fourth-order valence-electron chi connectivity index (χ4n) is 5.46. The van der Waals surface area contributed by atoms with Gasteiger partial charge in [-0.05, 0) is 59.0 Å². The van der Waals surface area contributed by atoms with Crippen LogP contribution in [0.2, 0.25) is 0 Å². The van der Waals surface area contributed by atoms with Gasteiger partial charge in [0.2, 0.25) is 0 Å². The normalized spacial score (nSPS) is 13.4. The SMILES string of the molecule is C[N+](C)(C/C=C/C(=O)Cc1cc2c(Nc3ccc4c(cnn4Cc4cccc(F)c4)c3)ncnc2cn1)CC1=C([N+](=O)[O-])N=CC1. The number of allylic oxidation sites excluding steroid dienone is 1. The highest BCUT2D eigenvalue weighted by molar-refractivity contribution is 5.94. The fraction of sp³-hybridized carbons (Fsp3) is 0.212. The first-order chi connectivity index (χ1) is 22.1. The van der Waals surface area contributed by atoms with Crippen LogP contribution in [0.5, 0.6) is 0 Å². The molecule has 2 aromatic carbocycles. The van der Waals surface area contributed by atoms with Gasteiger partial charge in [-0.25, -0.2) is 14.4 Å². The van der Waals surface area contributed by atoms with Gasteiger partial charge in [-0.15, -0.1) is 0 Å². The number of nitrogens with zero attached hydrogens (tertiary/aromatic N) is 8. The number of aromatic nitrogens is 5. The third-order valence-corrected chi connectivity index (χ3v) is 7.62. The summed E-state index contributed by atoms with van der Waals surface area (Å²) in [5, 5.41) is 20.7. The van der Waals surface area contributed by atoms with Gasteiger partial charge in [0, 0.05) is 28.6 Å². The molecular formula is C33H31FN9O3+. The van der Waals surface area contributed by atoms with Crippen LogP contribution in [-0.4, -0.2) is 73.3 Å². The van der Waals surface area contributed by atoms with Crippen molar-refractivity contribution in [1.29, 1.82) is 0 Å². The average molecular weight is 621 g/mol. The molecule has 3 aromatic heterocycles. The minimum absolute atomic E-state index is 0.0826. The van der Waals surface area contributed by atoms with E-state index >= 15 is 0 Å². The predicted octanol–water partition coefficient (Wildman–Crippen LogP) is 5.01. The summed E-state index contributed by atoms with van der Waals surface area (Å²) in [6.45, 7) is 1.42. The highest BCUT2D eigenvalue weighted by Crippen LogP contribution is 2.26. The van der Waals surface area contributed by atoms with Crippen molar-refractivity contribution < 1.29 is 18.6 Å². The largest absolute Gasteiger partial charge is 0.368 e. The van der Waals surface area contributed by atoms with Crippen molar-refractivity contribution in [2.24, 2.45) is 4.99 Å². The molecule has 0 fully saturated rings. The first-order valence-electron chi connectivity index (χ1n) is 14.6. The summed E-state index contributed by atoms with van der Waals surface area (Å²) in [5.74, 6) is 0.0894. The summed E-state index contributed by atoms with van der Waals surface area (Å²) in [7, 11) is 3.90. The molecule has 1 N–H and O–H groups in total. The van der Waals surface area contributed by atoms with Crippen LogP contribution < -0.4 is 5.32 Å². The van der Waals surface area contributed by atoms with E-state index in [1.807, 2.05) is 49.1 Å². The smallest absolute Gasteiger partial charge is 0.358 e. The summed E-state index contributed by atoms with van der Waals surface area (Å²) in [5.41, 5.74) is 4.41. The molecular weight excluding hydrogens is 589 g/mol. The third-order valence-electron chi connectivity index (χ3n) is 7.62. The lowest BCUT2D eigenvalue weighted by Crippen LogP contribution is -2.41. The maximum Gasteiger partial charge on any atom is 0.368 e. The van der Waals surface area contributed by atoms with Crippen molar-refractivity contribution in [3.63, 3.8) is 0 Å². The van der Waals surface area contributed by atoms with Crippen LogP contribution in [0, 0.1) is 15.9 Å². The second kappa shape index (κ2) is 12.7. The van der Waals surface area contributed by atoms with Gasteiger partial charge in [-0.1, -0.05) is 17.1 Å². The molecule has 4 heterocycles. The number of nitro groups is 1. The summed E-state index contributed by atoms with van der Waals surface area (Å²) in [4.78, 5) is 40.7. The van der Waals surface area contributed by atoms with Gasteiger partial charge >= 0.3 is 5.82 Å². The van der Waals surface area contributed by atoms with E-state index in [2.05, 4.69) is 30.4 Å². The molecule has 0 saturated carbocycles. The lowest BCUT2D eigenvalue weighted by Gasteiger charge is -2.28. The lowest BCUT2D eigenvalue weighted by molar-refractivity contribution is -0.880. The maximum absolute atomic E-state index is 13.6. The van der Waals surface area contributed by atoms with E-state index in [-0.39, 0.29) is 23.8 Å². The Kier molecular flexibility index (Phi) is 8.40. The molecule has 0 atom stereocenters. The summed E-state index contributed by atoms with van der Waals surface area (Å²) in [6.07, 6.45) is 10.3. The second-order valence-electron chi connectivity index (χ2n) is 11.8. The Morgan fingerprint density at radius 1 is 1.13 bits per heavy atom. The Morgan fingerprint density at radius 3 is 2.83 bits per heavy atom. The van der Waals surface area contributed by atoms with E-state index in [0.717, 1.165) is 27.5 Å². The van der Waals surface area contributed by atoms with Crippen LogP contribution in [0.1, 0.15) is 17.7 Å². The number of hydrogen-bond acceptors (Lipinski definition) is 9. The quantitative estimate of drug-likeness (QED) is 0.0888. The highest BCUT2D eigenvalue weighted by atomic mass is 19.1. The molecule has 1 aliphatic rings. The number of aliphatic imine (C=N–C) groups is 1. The van der Waals surface area contributed by atoms with E-state index in [1.54, 1.807) is 30.8 Å². The number of anilines is 2. The molecule has 0 aliphatic carbocycles. The van der Waals surface area contributed by atoms with E-state index in [0.29, 0.717) is 53.1 Å². The molecule has 46 heavy (non-hydrogen) atoms. The number of ketones is 1. The van der Waals surface area contributed by atoms with Crippen molar-refractivity contribution in [2.75, 3.05) is 32.5 Å². The van der Waals surface area contributed by atoms with Crippen LogP contribution in [-0.2, 0) is 17.8 Å². The van der Waals surface area contributed by atoms with Crippen LogP contribution >= 0.6 is 0 Å². The monoisotopic (exact) mass is 620 g/mol. The number of hydrogen-bond donors (Lipinski definition) is 1. The summed E-state index contributed by atoms with van der Waals surface area (Å²) >= 11 is 0. The molecule has 1 aliphatic heterocycles. The Balaban J connectivity index is 1.12. The van der Waals surface area contributed by atoms with E-state index in [9.17, 15) is 19.3 Å². The zero-order valence-corrected chi connectivity index (χ0v) is 25.3. The van der Waals surface area contributed by atoms with Gasteiger partial charge in [0.1, 0.15) is 30.7 Å². The number of rotatable bonds is 12. The van der Waals surface area contributed by atoms with Crippen LogP contribution in [0.25, 0.3) is 21.8 Å². The van der Waals surface area contributed by atoms with Crippen molar-refractivity contribution >= 4 is 45.3 Å². The molecule has 0 radical (unpaired) electrons. The van der Waals surface area contributed by atoms with Gasteiger partial charge in [-0.2, -0.15) is 5.10 Å². The second-order valence-corrected chi connectivity index (χ2v) is 11.8. The molecule has 0 amide bonds. The van der Waals surface area contributed by atoms with E-state index in [4.69, 9.17) is 0 Å². The first kappa shape index (κ1) is 30.3. The molecule has 0 unspecified atom stereocenters. The lowest BCUT2D eigenvalue weighted by atomic mass is 10.1. The fourth-order valence-corrected chi connectivity index (χ4v) is 5.46. The number of quaternary nitrogens is 1. The summed E-state index contributed by atoms with van der Waals surface area (Å²) in [6, 6.07) is 14.1. The summed E-state index contributed by atoms with van der Waals surface area (Å²) < 4.78 is 15.9. The highest BCUT2D eigenvalue weighted by Gasteiger charge is 2.28. The number of likely N-dealkylation sites (N-methyl/N-ethyl adjacent to an activating group) is 1. The van der Waals surface area contributed by atoms with Gasteiger partial charge < -0.3 is 19.9 Å².